The molecule has 0 atom stereocenters. The number of rotatable bonds is 7. The third-order valence-corrected chi connectivity index (χ3v) is 8.53. The predicted octanol–water partition coefficient (Wildman–Crippen LogP) is 3.78. The van der Waals surface area contributed by atoms with Crippen molar-refractivity contribution in [2.24, 2.45) is 0 Å². The number of nitrogens with zero attached hydrogens (tertiary/aromatic N) is 3. The van der Waals surface area contributed by atoms with Crippen LogP contribution in [0.3, 0.4) is 0 Å². The third kappa shape index (κ3) is 5.93. The number of carbonyl (C=O) groups is 2. The van der Waals surface area contributed by atoms with Crippen LogP contribution in [0.25, 0.3) is 6.08 Å². The first-order valence-corrected chi connectivity index (χ1v) is 13.9. The summed E-state index contributed by atoms with van der Waals surface area (Å²) in [7, 11) is -3.20. The van der Waals surface area contributed by atoms with Gasteiger partial charge in [-0.15, -0.1) is 0 Å². The highest BCUT2D eigenvalue weighted by Crippen LogP contribution is 2.25. The molecule has 2 saturated heterocycles. The van der Waals surface area contributed by atoms with Gasteiger partial charge in [0, 0.05) is 43.9 Å². The number of likely N-dealkylation sites (tertiary alicyclic amines) is 1. The fraction of sp³-hybridized carbons (Fsp3) is 0.407. The highest BCUT2D eigenvalue weighted by molar-refractivity contribution is 7.93. The summed E-state index contributed by atoms with van der Waals surface area (Å²) in [4.78, 5) is 29.6. The maximum Gasteiger partial charge on any atom is 0.253 e. The van der Waals surface area contributed by atoms with Gasteiger partial charge in [-0.2, -0.15) is 0 Å². The quantitative estimate of drug-likeness (QED) is 0.548. The molecule has 0 spiro atoms. The van der Waals surface area contributed by atoms with Gasteiger partial charge in [-0.05, 0) is 61.6 Å². The first kappa shape index (κ1) is 25.0. The van der Waals surface area contributed by atoms with Crippen molar-refractivity contribution in [1.29, 1.82) is 0 Å². The van der Waals surface area contributed by atoms with Gasteiger partial charge in [0.05, 0.1) is 11.4 Å². The Balaban J connectivity index is 1.36. The smallest absolute Gasteiger partial charge is 0.253 e. The summed E-state index contributed by atoms with van der Waals surface area (Å²) in [5.74, 6) is 0.198. The van der Waals surface area contributed by atoms with E-state index in [1.54, 1.807) is 24.3 Å². The van der Waals surface area contributed by atoms with Gasteiger partial charge in [-0.3, -0.25) is 13.9 Å². The van der Waals surface area contributed by atoms with Gasteiger partial charge in [-0.25, -0.2) is 8.42 Å². The first-order chi connectivity index (χ1) is 16.9. The Morgan fingerprint density at radius 2 is 1.69 bits per heavy atom. The van der Waals surface area contributed by atoms with E-state index in [2.05, 4.69) is 6.92 Å². The number of sulfonamides is 1. The van der Waals surface area contributed by atoms with Gasteiger partial charge in [0.15, 0.2) is 0 Å². The van der Waals surface area contributed by atoms with Crippen LogP contribution in [0.2, 0.25) is 0 Å². The average molecular weight is 496 g/mol. The molecule has 7 nitrogen and oxygen atoms in total. The normalized spacial score (nSPS) is 18.2. The lowest BCUT2D eigenvalue weighted by molar-refractivity contribution is -0.129. The first-order valence-electron chi connectivity index (χ1n) is 12.3. The van der Waals surface area contributed by atoms with Crippen LogP contribution in [0.5, 0.6) is 0 Å². The predicted molar refractivity (Wildman–Crippen MR) is 139 cm³/mol. The van der Waals surface area contributed by atoms with Crippen molar-refractivity contribution in [2.45, 2.75) is 38.6 Å². The zero-order chi connectivity index (χ0) is 24.8. The molecule has 0 radical (unpaired) electrons. The summed E-state index contributed by atoms with van der Waals surface area (Å²) >= 11 is 0. The molecule has 2 aromatic carbocycles. The molecule has 8 heteroatoms. The highest BCUT2D eigenvalue weighted by atomic mass is 32.2. The summed E-state index contributed by atoms with van der Waals surface area (Å²) in [6.07, 6.45) is 6.40. The zero-order valence-corrected chi connectivity index (χ0v) is 21.0. The second-order valence-corrected chi connectivity index (χ2v) is 11.1. The molecular weight excluding hydrogens is 462 g/mol. The van der Waals surface area contributed by atoms with Gasteiger partial charge in [0.2, 0.25) is 15.9 Å². The monoisotopic (exact) mass is 495 g/mol. The van der Waals surface area contributed by atoms with Crippen molar-refractivity contribution in [3.8, 4) is 0 Å². The van der Waals surface area contributed by atoms with Gasteiger partial charge in [0.25, 0.3) is 5.91 Å². The summed E-state index contributed by atoms with van der Waals surface area (Å²) < 4.78 is 25.7. The summed E-state index contributed by atoms with van der Waals surface area (Å²) in [6.45, 7) is 4.51. The number of hydrogen-bond acceptors (Lipinski definition) is 4. The van der Waals surface area contributed by atoms with E-state index in [4.69, 9.17) is 0 Å². The van der Waals surface area contributed by atoms with Gasteiger partial charge in [0.1, 0.15) is 0 Å². The number of amides is 2. The molecule has 4 rings (SSSR count). The fourth-order valence-corrected chi connectivity index (χ4v) is 6.37. The molecule has 2 aromatic rings. The highest BCUT2D eigenvalue weighted by Gasteiger charge is 2.29. The standard InChI is InChI=1S/C27H33N3O4S/c1-2-17-29(24-15-19-28(20-16-24)27(32)23-7-4-3-5-8-23)26(31)14-11-22-9-12-25(13-10-22)30-18-6-21-35(30,33)34/h3-5,7-14,24H,2,6,15-21H2,1H3/b14-11+. The molecule has 0 N–H and O–H groups in total. The minimum Gasteiger partial charge on any atom is -0.338 e. The third-order valence-electron chi connectivity index (χ3n) is 6.66. The minimum atomic E-state index is -3.20. The molecule has 2 fully saturated rings. The number of carbonyl (C=O) groups excluding carboxylic acids is 2. The summed E-state index contributed by atoms with van der Waals surface area (Å²) in [5.41, 5.74) is 2.21. The molecule has 0 saturated carbocycles. The molecule has 0 aromatic heterocycles. The Kier molecular flexibility index (Phi) is 7.90. The molecule has 0 aliphatic carbocycles. The second kappa shape index (κ2) is 11.1. The summed E-state index contributed by atoms with van der Waals surface area (Å²) in [5, 5.41) is 0. The molecule has 35 heavy (non-hydrogen) atoms. The number of benzene rings is 2. The molecular formula is C27H33N3O4S. The molecule has 2 aliphatic rings. The Labute approximate surface area is 208 Å². The minimum absolute atomic E-state index is 0.0362. The molecule has 186 valence electrons. The van der Waals surface area contributed by atoms with Crippen molar-refractivity contribution >= 4 is 33.6 Å². The van der Waals surface area contributed by atoms with Crippen LogP contribution < -0.4 is 4.31 Å². The average Bonchev–Trinajstić information content (AvgIpc) is 3.25. The lowest BCUT2D eigenvalue weighted by Gasteiger charge is -2.38. The van der Waals surface area contributed by atoms with E-state index in [9.17, 15) is 18.0 Å². The van der Waals surface area contributed by atoms with Crippen LogP contribution in [0.1, 0.15) is 48.5 Å². The van der Waals surface area contributed by atoms with Gasteiger partial charge >= 0.3 is 0 Å². The van der Waals surface area contributed by atoms with Crippen LogP contribution in [-0.4, -0.2) is 68.0 Å². The van der Waals surface area contributed by atoms with E-state index in [-0.39, 0.29) is 23.6 Å². The van der Waals surface area contributed by atoms with E-state index in [0.717, 1.165) is 24.8 Å². The number of piperidine rings is 1. The Bertz CT molecular complexity index is 1150. The zero-order valence-electron chi connectivity index (χ0n) is 20.2. The molecule has 2 heterocycles. The molecule has 0 bridgehead atoms. The maximum atomic E-state index is 13.1. The SMILES string of the molecule is CCCN(C(=O)/C=C/c1ccc(N2CCCS2(=O)=O)cc1)C1CCN(C(=O)c2ccccc2)CC1. The van der Waals surface area contributed by atoms with Crippen LogP contribution >= 0.6 is 0 Å². The molecule has 2 amide bonds. The van der Waals surface area contributed by atoms with Crippen molar-refractivity contribution in [2.75, 3.05) is 36.2 Å². The lowest BCUT2D eigenvalue weighted by Crippen LogP contribution is -2.48. The summed E-state index contributed by atoms with van der Waals surface area (Å²) in [6, 6.07) is 16.7. The van der Waals surface area contributed by atoms with Crippen LogP contribution in [0.15, 0.2) is 60.7 Å². The van der Waals surface area contributed by atoms with E-state index in [0.29, 0.717) is 43.9 Å². The Morgan fingerprint density at radius 1 is 1.00 bits per heavy atom. The lowest BCUT2D eigenvalue weighted by atomic mass is 10.0. The number of hydrogen-bond donors (Lipinski definition) is 0. The molecule has 2 aliphatic heterocycles. The topological polar surface area (TPSA) is 78.0 Å². The second-order valence-electron chi connectivity index (χ2n) is 9.09. The fourth-order valence-electron chi connectivity index (χ4n) is 4.80. The van der Waals surface area contributed by atoms with Crippen LogP contribution in [0, 0.1) is 0 Å². The van der Waals surface area contributed by atoms with E-state index in [1.807, 2.05) is 52.3 Å². The van der Waals surface area contributed by atoms with E-state index in [1.165, 1.54) is 4.31 Å². The maximum absolute atomic E-state index is 13.1. The van der Waals surface area contributed by atoms with Gasteiger partial charge in [-0.1, -0.05) is 37.3 Å². The number of anilines is 1. The van der Waals surface area contributed by atoms with Crippen molar-refractivity contribution in [3.05, 3.63) is 71.8 Å². The Hall–Kier alpha value is -3.13. The largest absolute Gasteiger partial charge is 0.338 e. The molecule has 0 unspecified atom stereocenters. The van der Waals surface area contributed by atoms with Crippen molar-refractivity contribution in [3.63, 3.8) is 0 Å². The Morgan fingerprint density at radius 3 is 2.29 bits per heavy atom. The van der Waals surface area contributed by atoms with Crippen LogP contribution in [-0.2, 0) is 14.8 Å². The van der Waals surface area contributed by atoms with Crippen molar-refractivity contribution < 1.29 is 18.0 Å². The van der Waals surface area contributed by atoms with E-state index < -0.39 is 10.0 Å². The van der Waals surface area contributed by atoms with Crippen LogP contribution in [0.4, 0.5) is 5.69 Å². The van der Waals surface area contributed by atoms with E-state index >= 15 is 0 Å². The van der Waals surface area contributed by atoms with Gasteiger partial charge < -0.3 is 9.80 Å². The van der Waals surface area contributed by atoms with Crippen molar-refractivity contribution in [1.82, 2.24) is 9.80 Å².